The number of rotatable bonds is 6. The topological polar surface area (TPSA) is 130 Å². The quantitative estimate of drug-likeness (QED) is 0.258. The number of pyridine rings is 1. The summed E-state index contributed by atoms with van der Waals surface area (Å²) in [7, 11) is -1.64. The van der Waals surface area contributed by atoms with E-state index in [2.05, 4.69) is 49.6 Å². The third-order valence-corrected chi connectivity index (χ3v) is 9.97. The van der Waals surface area contributed by atoms with Gasteiger partial charge in [0.05, 0.1) is 26.5 Å². The number of furan rings is 1. The highest BCUT2D eigenvalue weighted by molar-refractivity contribution is 6.88. The van der Waals surface area contributed by atoms with Crippen molar-refractivity contribution in [2.24, 2.45) is 28.7 Å². The molecular formula is C27H29FN6O3Si. The first-order valence-electron chi connectivity index (χ1n) is 12.9. The minimum atomic E-state index is -1.64. The molecule has 4 aromatic heterocycles. The van der Waals surface area contributed by atoms with E-state index in [0.717, 1.165) is 37.1 Å². The van der Waals surface area contributed by atoms with Gasteiger partial charge in [0.25, 0.3) is 5.95 Å². The van der Waals surface area contributed by atoms with Crippen LogP contribution in [-0.2, 0) is 4.79 Å². The van der Waals surface area contributed by atoms with Crippen LogP contribution in [0.2, 0.25) is 19.6 Å². The van der Waals surface area contributed by atoms with Crippen molar-refractivity contribution in [2.45, 2.75) is 45.3 Å². The molecule has 11 heteroatoms. The first-order valence-corrected chi connectivity index (χ1v) is 16.4. The minimum Gasteiger partial charge on any atom is -0.481 e. The number of nitrogens with one attached hydrogen (secondary N) is 1. The SMILES string of the molecule is C[Si](C)(C)c1coc(-c2nc(/N=C\C3C4CCC(CC4)[C@@H]3C(=O)O)nc(-c3c[nH]c4ncc(F)cc34)n2)c1. The molecule has 9 nitrogen and oxygen atoms in total. The molecule has 3 aliphatic carbocycles. The van der Waals surface area contributed by atoms with Crippen molar-refractivity contribution in [1.82, 2.24) is 24.9 Å². The van der Waals surface area contributed by atoms with Gasteiger partial charge in [0.1, 0.15) is 11.5 Å². The Balaban J connectivity index is 1.44. The summed E-state index contributed by atoms with van der Waals surface area (Å²) in [5, 5.41) is 11.6. The van der Waals surface area contributed by atoms with Crippen molar-refractivity contribution in [1.29, 1.82) is 0 Å². The van der Waals surface area contributed by atoms with Crippen LogP contribution in [0.15, 0.2) is 40.2 Å². The second-order valence-corrected chi connectivity index (χ2v) is 16.5. The number of halogens is 1. The Hall–Kier alpha value is -3.73. The van der Waals surface area contributed by atoms with E-state index < -0.39 is 25.8 Å². The summed E-state index contributed by atoms with van der Waals surface area (Å²) in [6, 6.07) is 3.34. The van der Waals surface area contributed by atoms with E-state index in [1.807, 2.05) is 6.07 Å². The van der Waals surface area contributed by atoms with Gasteiger partial charge in [-0.1, -0.05) is 19.6 Å². The molecule has 3 aliphatic rings. The predicted molar refractivity (Wildman–Crippen MR) is 144 cm³/mol. The summed E-state index contributed by atoms with van der Waals surface area (Å²) in [5.41, 5.74) is 1.07. The Morgan fingerprint density at radius 3 is 2.58 bits per heavy atom. The number of aromatic amines is 1. The molecule has 0 aromatic carbocycles. The molecule has 0 spiro atoms. The first kappa shape index (κ1) is 24.6. The van der Waals surface area contributed by atoms with Crippen LogP contribution < -0.4 is 5.19 Å². The third kappa shape index (κ3) is 4.44. The molecule has 2 atom stereocenters. The smallest absolute Gasteiger partial charge is 0.307 e. The van der Waals surface area contributed by atoms with Crippen LogP contribution in [-0.4, -0.2) is 50.3 Å². The summed E-state index contributed by atoms with van der Waals surface area (Å²) in [6.07, 6.45) is 10.2. The molecule has 7 rings (SSSR count). The Kier molecular flexibility index (Phi) is 5.97. The maximum absolute atomic E-state index is 14.0. The van der Waals surface area contributed by atoms with Crippen LogP contribution in [0.5, 0.6) is 0 Å². The number of carbonyl (C=O) groups is 1. The Morgan fingerprint density at radius 1 is 1.13 bits per heavy atom. The highest BCUT2D eigenvalue weighted by atomic mass is 28.3. The van der Waals surface area contributed by atoms with Gasteiger partial charge in [-0.3, -0.25) is 4.79 Å². The second-order valence-electron chi connectivity index (χ2n) is 11.4. The van der Waals surface area contributed by atoms with Gasteiger partial charge in [-0.15, -0.1) is 0 Å². The number of carboxylic acid groups (broad SMARTS) is 1. The number of aliphatic imine (C=N–C) groups is 1. The van der Waals surface area contributed by atoms with E-state index >= 15 is 0 Å². The number of fused-ring (bicyclic) bond motifs is 4. The van der Waals surface area contributed by atoms with Gasteiger partial charge in [0, 0.05) is 29.3 Å². The van der Waals surface area contributed by atoms with Gasteiger partial charge in [0.2, 0.25) is 5.82 Å². The molecule has 196 valence electrons. The van der Waals surface area contributed by atoms with E-state index in [4.69, 9.17) is 4.42 Å². The number of hydrogen-bond donors (Lipinski definition) is 2. The van der Waals surface area contributed by atoms with E-state index in [0.29, 0.717) is 34.0 Å². The number of aliphatic carboxylic acids is 1. The third-order valence-electron chi connectivity index (χ3n) is 7.98. The van der Waals surface area contributed by atoms with Crippen LogP contribution in [0.3, 0.4) is 0 Å². The maximum atomic E-state index is 14.0. The van der Waals surface area contributed by atoms with Crippen molar-refractivity contribution in [3.8, 4) is 23.0 Å². The second kappa shape index (κ2) is 9.23. The lowest BCUT2D eigenvalue weighted by molar-refractivity contribution is -0.149. The van der Waals surface area contributed by atoms with Crippen LogP contribution in [0.1, 0.15) is 25.7 Å². The van der Waals surface area contributed by atoms with Crippen LogP contribution in [0.4, 0.5) is 10.3 Å². The molecule has 2 N–H and O–H groups in total. The zero-order valence-electron chi connectivity index (χ0n) is 21.5. The summed E-state index contributed by atoms with van der Waals surface area (Å²) in [6.45, 7) is 6.67. The van der Waals surface area contributed by atoms with Crippen LogP contribution >= 0.6 is 0 Å². The minimum absolute atomic E-state index is 0.153. The molecule has 4 aromatic rings. The monoisotopic (exact) mass is 532 g/mol. The van der Waals surface area contributed by atoms with E-state index in [1.165, 1.54) is 6.07 Å². The number of nitrogens with zero attached hydrogens (tertiary/aromatic N) is 5. The van der Waals surface area contributed by atoms with E-state index in [1.54, 1.807) is 18.7 Å². The van der Waals surface area contributed by atoms with Crippen molar-refractivity contribution < 1.29 is 18.7 Å². The van der Waals surface area contributed by atoms with Crippen molar-refractivity contribution in [3.63, 3.8) is 0 Å². The zero-order valence-corrected chi connectivity index (χ0v) is 22.5. The molecule has 1 unspecified atom stereocenters. The first-order chi connectivity index (χ1) is 18.2. The molecule has 0 amide bonds. The molecule has 0 saturated heterocycles. The fraction of sp³-hybridized carbons (Fsp3) is 0.407. The molecule has 0 aliphatic heterocycles. The molecule has 3 fully saturated rings. The molecular weight excluding hydrogens is 503 g/mol. The van der Waals surface area contributed by atoms with Crippen molar-refractivity contribution >= 4 is 42.4 Å². The lowest BCUT2D eigenvalue weighted by Gasteiger charge is -2.45. The highest BCUT2D eigenvalue weighted by Gasteiger charge is 2.46. The number of hydrogen-bond acceptors (Lipinski definition) is 7. The Bertz CT molecular complexity index is 1550. The van der Waals surface area contributed by atoms with E-state index in [9.17, 15) is 14.3 Å². The zero-order chi connectivity index (χ0) is 26.6. The Morgan fingerprint density at radius 2 is 1.87 bits per heavy atom. The number of aromatic nitrogens is 5. The fourth-order valence-corrected chi connectivity index (χ4v) is 6.87. The lowest BCUT2D eigenvalue weighted by atomic mass is 9.59. The molecule has 38 heavy (non-hydrogen) atoms. The largest absolute Gasteiger partial charge is 0.481 e. The standard InChI is InChI=1S/C27H29FN6O3Si/c1-38(2,3)17-9-21(37-13-17)25-32-24(20-12-30-23-18(20)8-16(28)10-29-23)33-27(34-25)31-11-19-14-4-6-15(7-5-14)22(19)26(35)36/h8-15,19,22H,4-7H2,1-3H3,(H,29,30)(H,35,36)/b31-11-/t14?,15?,19?,22-/m0/s1. The average Bonchev–Trinajstić information content (AvgIpc) is 3.55. The molecule has 0 radical (unpaired) electrons. The van der Waals surface area contributed by atoms with Crippen LogP contribution in [0.25, 0.3) is 34.0 Å². The average molecular weight is 533 g/mol. The van der Waals surface area contributed by atoms with Gasteiger partial charge in [-0.2, -0.15) is 9.97 Å². The highest BCUT2D eigenvalue weighted by Crippen LogP contribution is 2.48. The van der Waals surface area contributed by atoms with Crippen molar-refractivity contribution in [3.05, 3.63) is 36.6 Å². The van der Waals surface area contributed by atoms with Crippen LogP contribution in [0, 0.1) is 29.5 Å². The summed E-state index contributed by atoms with van der Waals surface area (Å²) >= 11 is 0. The lowest BCUT2D eigenvalue weighted by Crippen LogP contribution is -2.44. The molecule has 3 saturated carbocycles. The fourth-order valence-electron chi connectivity index (χ4n) is 5.89. The van der Waals surface area contributed by atoms with Gasteiger partial charge in [-0.05, 0) is 54.8 Å². The van der Waals surface area contributed by atoms with E-state index in [-0.39, 0.29) is 23.7 Å². The van der Waals surface area contributed by atoms with Gasteiger partial charge in [-0.25, -0.2) is 19.4 Å². The van der Waals surface area contributed by atoms with Gasteiger partial charge in [0.15, 0.2) is 11.6 Å². The van der Waals surface area contributed by atoms with Crippen molar-refractivity contribution in [2.75, 3.05) is 0 Å². The number of carboxylic acids is 1. The predicted octanol–water partition coefficient (Wildman–Crippen LogP) is 5.20. The summed E-state index contributed by atoms with van der Waals surface area (Å²) < 4.78 is 19.9. The molecule has 4 heterocycles. The maximum Gasteiger partial charge on any atom is 0.307 e. The molecule has 2 bridgehead atoms. The van der Waals surface area contributed by atoms with Gasteiger partial charge < -0.3 is 14.5 Å². The Labute approximate surface area is 219 Å². The summed E-state index contributed by atoms with van der Waals surface area (Å²) in [4.78, 5) is 37.7. The van der Waals surface area contributed by atoms with Gasteiger partial charge >= 0.3 is 5.97 Å². The normalized spacial score (nSPS) is 23.5. The summed E-state index contributed by atoms with van der Waals surface area (Å²) in [5.74, 6) is -0.132. The number of H-pyrrole nitrogens is 1.